The van der Waals surface area contributed by atoms with E-state index in [1.807, 2.05) is 6.07 Å². The summed E-state index contributed by atoms with van der Waals surface area (Å²) in [4.78, 5) is 13.3. The van der Waals surface area contributed by atoms with Crippen LogP contribution in [0.2, 0.25) is 0 Å². The fraction of sp³-hybridized carbons (Fsp3) is 0.381. The van der Waals surface area contributed by atoms with E-state index in [4.69, 9.17) is 0 Å². The average molecular weight is 471 g/mol. The largest absolute Gasteiger partial charge is 0.416 e. The zero-order valence-corrected chi connectivity index (χ0v) is 18.1. The van der Waals surface area contributed by atoms with Crippen molar-refractivity contribution in [2.45, 2.75) is 29.6 Å². The van der Waals surface area contributed by atoms with Crippen molar-refractivity contribution in [3.63, 3.8) is 0 Å². The molecule has 0 unspecified atom stereocenters. The Morgan fingerprint density at radius 2 is 1.68 bits per heavy atom. The Labute approximate surface area is 183 Å². The normalized spacial score (nSPS) is 19.8. The number of amides is 1. The van der Waals surface area contributed by atoms with Crippen LogP contribution in [-0.4, -0.2) is 42.3 Å². The molecule has 2 saturated heterocycles. The van der Waals surface area contributed by atoms with Gasteiger partial charge in [0.05, 0.1) is 21.9 Å². The maximum atomic E-state index is 13.2. The third-order valence-corrected chi connectivity index (χ3v) is 9.01. The third kappa shape index (κ3) is 4.47. The van der Waals surface area contributed by atoms with Crippen molar-refractivity contribution in [2.24, 2.45) is 0 Å². The molecule has 10 heteroatoms. The molecule has 0 aromatic heterocycles. The Morgan fingerprint density at radius 1 is 1.00 bits per heavy atom. The number of halogens is 3. The summed E-state index contributed by atoms with van der Waals surface area (Å²) in [5, 5.41) is 0. The Balaban J connectivity index is 1.54. The van der Waals surface area contributed by atoms with Crippen molar-refractivity contribution < 1.29 is 26.4 Å². The van der Waals surface area contributed by atoms with E-state index in [0.717, 1.165) is 12.1 Å². The zero-order chi connectivity index (χ0) is 22.3. The molecule has 0 radical (unpaired) electrons. The highest BCUT2D eigenvalue weighted by Gasteiger charge is 2.50. The van der Waals surface area contributed by atoms with Gasteiger partial charge in [-0.05, 0) is 36.6 Å². The Hall–Kier alpha value is -2.04. The molecule has 31 heavy (non-hydrogen) atoms. The zero-order valence-electron chi connectivity index (χ0n) is 16.5. The summed E-state index contributed by atoms with van der Waals surface area (Å²) in [5.74, 6) is -0.206. The van der Waals surface area contributed by atoms with E-state index in [2.05, 4.69) is 0 Å². The highest BCUT2D eigenvalue weighted by Crippen LogP contribution is 2.47. The number of nitrogens with zero attached hydrogens (tertiary/aromatic N) is 2. The topological polar surface area (TPSA) is 57.7 Å². The second-order valence-electron chi connectivity index (χ2n) is 7.65. The van der Waals surface area contributed by atoms with E-state index >= 15 is 0 Å². The SMILES string of the molecule is O=C1CSC2(CCN(S(=O)(=O)Cc3ccccc3)CC2)N1c1cccc(C(F)(F)F)c1. The van der Waals surface area contributed by atoms with E-state index < -0.39 is 26.6 Å². The summed E-state index contributed by atoms with van der Waals surface area (Å²) in [6.45, 7) is 0.426. The standard InChI is InChI=1S/C21H21F3N2O3S2/c22-21(23,24)17-7-4-8-18(13-17)26-19(27)14-30-20(26)9-11-25(12-10-20)31(28,29)15-16-5-2-1-3-6-16/h1-8,13H,9-12,14-15H2. The summed E-state index contributed by atoms with van der Waals surface area (Å²) in [6.07, 6.45) is -3.80. The number of thioether (sulfide) groups is 1. The van der Waals surface area contributed by atoms with E-state index in [0.29, 0.717) is 18.4 Å². The van der Waals surface area contributed by atoms with Crippen molar-refractivity contribution >= 4 is 33.4 Å². The molecule has 2 aromatic rings. The van der Waals surface area contributed by atoms with E-state index in [1.165, 1.54) is 33.1 Å². The minimum absolute atomic E-state index is 0.107. The quantitative estimate of drug-likeness (QED) is 0.675. The summed E-state index contributed by atoms with van der Waals surface area (Å²) in [6, 6.07) is 13.6. The fourth-order valence-electron chi connectivity index (χ4n) is 4.11. The lowest BCUT2D eigenvalue weighted by molar-refractivity contribution is -0.137. The van der Waals surface area contributed by atoms with Crippen LogP contribution in [0.15, 0.2) is 54.6 Å². The number of anilines is 1. The number of carbonyl (C=O) groups is 1. The molecule has 0 N–H and O–H groups in total. The predicted octanol–water partition coefficient (Wildman–Crippen LogP) is 4.11. The minimum atomic E-state index is -4.51. The highest BCUT2D eigenvalue weighted by molar-refractivity contribution is 8.02. The molecular weight excluding hydrogens is 449 g/mol. The number of alkyl halides is 3. The smallest absolute Gasteiger partial charge is 0.296 e. The van der Waals surface area contributed by atoms with Crippen LogP contribution in [0.1, 0.15) is 24.0 Å². The maximum Gasteiger partial charge on any atom is 0.416 e. The molecule has 5 nitrogen and oxygen atoms in total. The first-order chi connectivity index (χ1) is 14.6. The predicted molar refractivity (Wildman–Crippen MR) is 114 cm³/mol. The van der Waals surface area contributed by atoms with Gasteiger partial charge in [0.15, 0.2) is 0 Å². The number of carbonyl (C=O) groups excluding carboxylic acids is 1. The van der Waals surface area contributed by atoms with Gasteiger partial charge in [-0.2, -0.15) is 13.2 Å². The fourth-order valence-corrected chi connectivity index (χ4v) is 6.97. The number of piperidine rings is 1. The molecule has 2 heterocycles. The van der Waals surface area contributed by atoms with Crippen molar-refractivity contribution in [1.29, 1.82) is 0 Å². The van der Waals surface area contributed by atoms with Gasteiger partial charge in [-0.1, -0.05) is 36.4 Å². The van der Waals surface area contributed by atoms with Crippen LogP contribution in [0, 0.1) is 0 Å². The van der Waals surface area contributed by atoms with Crippen LogP contribution in [0.25, 0.3) is 0 Å². The molecule has 1 spiro atoms. The van der Waals surface area contributed by atoms with Crippen LogP contribution in [0.3, 0.4) is 0 Å². The molecule has 1 amide bonds. The number of sulfonamides is 1. The highest BCUT2D eigenvalue weighted by atomic mass is 32.2. The van der Waals surface area contributed by atoms with Gasteiger partial charge in [0.25, 0.3) is 0 Å². The molecule has 4 rings (SSSR count). The van der Waals surface area contributed by atoms with Gasteiger partial charge in [0.2, 0.25) is 15.9 Å². The molecule has 0 saturated carbocycles. The van der Waals surface area contributed by atoms with Crippen LogP contribution >= 0.6 is 11.8 Å². The van der Waals surface area contributed by atoms with Gasteiger partial charge >= 0.3 is 6.18 Å². The van der Waals surface area contributed by atoms with E-state index in [-0.39, 0.29) is 36.2 Å². The summed E-state index contributed by atoms with van der Waals surface area (Å²) in [5.41, 5.74) is 0.0805. The number of rotatable bonds is 4. The molecule has 0 bridgehead atoms. The first-order valence-electron chi connectivity index (χ1n) is 9.77. The van der Waals surface area contributed by atoms with Crippen LogP contribution in [0.4, 0.5) is 18.9 Å². The molecule has 0 atom stereocenters. The van der Waals surface area contributed by atoms with E-state index in [1.54, 1.807) is 24.3 Å². The minimum Gasteiger partial charge on any atom is -0.296 e. The van der Waals surface area contributed by atoms with E-state index in [9.17, 15) is 26.4 Å². The second kappa shape index (κ2) is 8.14. The molecule has 2 fully saturated rings. The first kappa shape index (κ1) is 22.2. The molecule has 166 valence electrons. The van der Waals surface area contributed by atoms with Gasteiger partial charge in [0, 0.05) is 18.8 Å². The van der Waals surface area contributed by atoms with Crippen LogP contribution in [0.5, 0.6) is 0 Å². The summed E-state index contributed by atoms with van der Waals surface area (Å²) < 4.78 is 66.6. The van der Waals surface area contributed by atoms with Crippen molar-refractivity contribution in [1.82, 2.24) is 4.31 Å². The lowest BCUT2D eigenvalue weighted by atomic mass is 10.0. The van der Waals surface area contributed by atoms with Crippen LogP contribution < -0.4 is 4.90 Å². The van der Waals surface area contributed by atoms with Gasteiger partial charge in [-0.25, -0.2) is 12.7 Å². The summed E-state index contributed by atoms with van der Waals surface area (Å²) in [7, 11) is -3.53. The number of benzene rings is 2. The Kier molecular flexibility index (Phi) is 5.82. The molecule has 2 aliphatic rings. The molecule has 0 aliphatic carbocycles. The number of hydrogen-bond acceptors (Lipinski definition) is 4. The monoisotopic (exact) mass is 470 g/mol. The second-order valence-corrected chi connectivity index (χ2v) is 11.0. The molecular formula is C21H21F3N2O3S2. The van der Waals surface area contributed by atoms with Crippen molar-refractivity contribution in [3.05, 3.63) is 65.7 Å². The molecule has 2 aliphatic heterocycles. The van der Waals surface area contributed by atoms with Crippen molar-refractivity contribution in [3.8, 4) is 0 Å². The Bertz CT molecular complexity index is 1070. The maximum absolute atomic E-state index is 13.2. The van der Waals surface area contributed by atoms with Gasteiger partial charge in [-0.3, -0.25) is 9.69 Å². The average Bonchev–Trinajstić information content (AvgIpc) is 3.04. The Morgan fingerprint density at radius 3 is 2.32 bits per heavy atom. The summed E-state index contributed by atoms with van der Waals surface area (Å²) >= 11 is 1.38. The van der Waals surface area contributed by atoms with Gasteiger partial charge in [-0.15, -0.1) is 11.8 Å². The first-order valence-corrected chi connectivity index (χ1v) is 12.4. The lowest BCUT2D eigenvalue weighted by Crippen LogP contribution is -2.53. The van der Waals surface area contributed by atoms with Crippen molar-refractivity contribution in [2.75, 3.05) is 23.7 Å². The van der Waals surface area contributed by atoms with Crippen LogP contribution in [-0.2, 0) is 26.7 Å². The molecule has 2 aromatic carbocycles. The van der Waals surface area contributed by atoms with Gasteiger partial charge < -0.3 is 0 Å². The lowest BCUT2D eigenvalue weighted by Gasteiger charge is -2.43. The third-order valence-electron chi connectivity index (χ3n) is 5.64. The van der Waals surface area contributed by atoms with Gasteiger partial charge in [0.1, 0.15) is 0 Å². The number of hydrogen-bond donors (Lipinski definition) is 0.